The van der Waals surface area contributed by atoms with Gasteiger partial charge in [-0.1, -0.05) is 18.2 Å². The molecule has 3 aliphatic heterocycles. The molecule has 3 aliphatic rings. The highest BCUT2D eigenvalue weighted by molar-refractivity contribution is 5.75. The number of anilines is 1. The summed E-state index contributed by atoms with van der Waals surface area (Å²) in [5, 5.41) is 3.12. The lowest BCUT2D eigenvalue weighted by Gasteiger charge is -2.30. The van der Waals surface area contributed by atoms with Gasteiger partial charge in [-0.25, -0.2) is 4.79 Å². The number of para-hydroxylation sites is 1. The molecule has 0 aromatic heterocycles. The molecule has 2 amide bonds. The highest BCUT2D eigenvalue weighted by Crippen LogP contribution is 2.38. The molecule has 1 aromatic rings. The molecular weight excluding hydrogens is 318 g/mol. The maximum absolute atomic E-state index is 12.6. The third-order valence-corrected chi connectivity index (χ3v) is 5.68. The van der Waals surface area contributed by atoms with Gasteiger partial charge in [0, 0.05) is 50.4 Å². The molecule has 0 saturated carbocycles. The third-order valence-electron chi connectivity index (χ3n) is 5.68. The number of carbonyl (C=O) groups excluding carboxylic acids is 1. The number of morpholine rings is 1. The van der Waals surface area contributed by atoms with Crippen LogP contribution in [0.2, 0.25) is 0 Å². The van der Waals surface area contributed by atoms with Crippen molar-refractivity contribution >= 4 is 11.7 Å². The lowest BCUT2D eigenvalue weighted by atomic mass is 9.87. The summed E-state index contributed by atoms with van der Waals surface area (Å²) in [4.78, 5) is 16.9. The van der Waals surface area contributed by atoms with E-state index in [1.165, 1.54) is 5.69 Å². The first-order valence-electron chi connectivity index (χ1n) is 9.27. The molecule has 3 saturated heterocycles. The normalized spacial score (nSPS) is 26.4. The standard InChI is InChI=1S/C19H27N3O3/c23-18(22-7-5-19(14-22)6-10-25-15-19)20-13-16-3-1-2-4-17(16)21-8-11-24-12-9-21/h1-4H,5-15H2,(H,20,23)/t19-/m1/s1. The number of benzene rings is 1. The van der Waals surface area contributed by atoms with Crippen molar-refractivity contribution in [3.05, 3.63) is 29.8 Å². The minimum atomic E-state index is 0.0422. The fourth-order valence-corrected chi connectivity index (χ4v) is 4.14. The Hall–Kier alpha value is -1.79. The average Bonchev–Trinajstić information content (AvgIpc) is 3.31. The molecule has 0 aliphatic carbocycles. The molecule has 25 heavy (non-hydrogen) atoms. The number of carbonyl (C=O) groups is 1. The molecule has 3 heterocycles. The highest BCUT2D eigenvalue weighted by atomic mass is 16.5. The molecule has 1 spiro atoms. The van der Waals surface area contributed by atoms with Gasteiger partial charge in [0.1, 0.15) is 0 Å². The number of hydrogen-bond acceptors (Lipinski definition) is 4. The van der Waals surface area contributed by atoms with Gasteiger partial charge >= 0.3 is 6.03 Å². The van der Waals surface area contributed by atoms with E-state index < -0.39 is 0 Å². The van der Waals surface area contributed by atoms with Crippen LogP contribution in [0.4, 0.5) is 10.5 Å². The van der Waals surface area contributed by atoms with Gasteiger partial charge in [-0.05, 0) is 24.5 Å². The second kappa shape index (κ2) is 7.22. The van der Waals surface area contributed by atoms with E-state index in [0.29, 0.717) is 6.54 Å². The smallest absolute Gasteiger partial charge is 0.317 e. The second-order valence-corrected chi connectivity index (χ2v) is 7.36. The monoisotopic (exact) mass is 345 g/mol. The summed E-state index contributed by atoms with van der Waals surface area (Å²) in [6, 6.07) is 8.36. The topological polar surface area (TPSA) is 54.0 Å². The minimum absolute atomic E-state index is 0.0422. The van der Waals surface area contributed by atoms with Crippen LogP contribution in [0.15, 0.2) is 24.3 Å². The Kier molecular flexibility index (Phi) is 4.81. The number of ether oxygens (including phenoxy) is 2. The van der Waals surface area contributed by atoms with E-state index in [9.17, 15) is 4.79 Å². The Morgan fingerprint density at radius 3 is 2.72 bits per heavy atom. The third kappa shape index (κ3) is 3.60. The fraction of sp³-hybridized carbons (Fsp3) is 0.632. The lowest BCUT2D eigenvalue weighted by molar-refractivity contribution is 0.122. The number of amides is 2. The van der Waals surface area contributed by atoms with Crippen molar-refractivity contribution in [1.82, 2.24) is 10.2 Å². The van der Waals surface area contributed by atoms with Gasteiger partial charge in [0.25, 0.3) is 0 Å². The summed E-state index contributed by atoms with van der Waals surface area (Å²) in [7, 11) is 0. The Balaban J connectivity index is 1.36. The molecule has 6 nitrogen and oxygen atoms in total. The Bertz CT molecular complexity index is 610. The quantitative estimate of drug-likeness (QED) is 0.908. The number of nitrogens with one attached hydrogen (secondary N) is 1. The van der Waals surface area contributed by atoms with E-state index in [4.69, 9.17) is 9.47 Å². The number of rotatable bonds is 3. The van der Waals surface area contributed by atoms with Crippen molar-refractivity contribution in [2.24, 2.45) is 5.41 Å². The van der Waals surface area contributed by atoms with Crippen LogP contribution in [0.5, 0.6) is 0 Å². The van der Waals surface area contributed by atoms with Crippen LogP contribution >= 0.6 is 0 Å². The lowest BCUT2D eigenvalue weighted by Crippen LogP contribution is -2.40. The van der Waals surface area contributed by atoms with Crippen LogP contribution < -0.4 is 10.2 Å². The van der Waals surface area contributed by atoms with Gasteiger partial charge in [-0.3, -0.25) is 0 Å². The zero-order valence-corrected chi connectivity index (χ0v) is 14.7. The fourth-order valence-electron chi connectivity index (χ4n) is 4.14. The number of hydrogen-bond donors (Lipinski definition) is 1. The van der Waals surface area contributed by atoms with Gasteiger partial charge in [-0.15, -0.1) is 0 Å². The van der Waals surface area contributed by atoms with E-state index in [1.807, 2.05) is 11.0 Å². The predicted octanol–water partition coefficient (Wildman–Crippen LogP) is 1.85. The molecule has 136 valence electrons. The van der Waals surface area contributed by atoms with Crippen LogP contribution in [-0.2, 0) is 16.0 Å². The highest BCUT2D eigenvalue weighted by Gasteiger charge is 2.42. The molecule has 1 atom stereocenters. The van der Waals surface area contributed by atoms with E-state index in [-0.39, 0.29) is 11.4 Å². The van der Waals surface area contributed by atoms with Crippen LogP contribution in [-0.4, -0.2) is 63.5 Å². The first-order chi connectivity index (χ1) is 12.3. The molecule has 6 heteroatoms. The van der Waals surface area contributed by atoms with Crippen molar-refractivity contribution < 1.29 is 14.3 Å². The predicted molar refractivity (Wildman–Crippen MR) is 95.8 cm³/mol. The Morgan fingerprint density at radius 1 is 1.08 bits per heavy atom. The maximum atomic E-state index is 12.6. The number of likely N-dealkylation sites (tertiary alicyclic amines) is 1. The van der Waals surface area contributed by atoms with Gasteiger partial charge in [0.2, 0.25) is 0 Å². The first-order valence-corrected chi connectivity index (χ1v) is 9.27. The van der Waals surface area contributed by atoms with E-state index in [0.717, 1.165) is 71.0 Å². The Labute approximate surface area is 149 Å². The van der Waals surface area contributed by atoms with Crippen LogP contribution in [0.1, 0.15) is 18.4 Å². The molecule has 1 N–H and O–H groups in total. The van der Waals surface area contributed by atoms with Crippen LogP contribution in [0.3, 0.4) is 0 Å². The van der Waals surface area contributed by atoms with Gasteiger partial charge in [0.05, 0.1) is 19.8 Å². The minimum Gasteiger partial charge on any atom is -0.381 e. The summed E-state index contributed by atoms with van der Waals surface area (Å²) in [5.41, 5.74) is 2.58. The van der Waals surface area contributed by atoms with Crippen molar-refractivity contribution in [3.63, 3.8) is 0 Å². The van der Waals surface area contributed by atoms with Gasteiger partial charge < -0.3 is 24.6 Å². The summed E-state index contributed by atoms with van der Waals surface area (Å²) in [5.74, 6) is 0. The van der Waals surface area contributed by atoms with Crippen molar-refractivity contribution in [2.75, 3.05) is 57.5 Å². The van der Waals surface area contributed by atoms with Gasteiger partial charge in [0.15, 0.2) is 0 Å². The summed E-state index contributed by atoms with van der Waals surface area (Å²) < 4.78 is 11.0. The van der Waals surface area contributed by atoms with E-state index in [2.05, 4.69) is 28.4 Å². The van der Waals surface area contributed by atoms with E-state index in [1.54, 1.807) is 0 Å². The van der Waals surface area contributed by atoms with Crippen molar-refractivity contribution in [2.45, 2.75) is 19.4 Å². The van der Waals surface area contributed by atoms with Crippen molar-refractivity contribution in [1.29, 1.82) is 0 Å². The zero-order valence-electron chi connectivity index (χ0n) is 14.7. The molecule has 0 bridgehead atoms. The zero-order chi connectivity index (χ0) is 17.1. The molecule has 0 unspecified atom stereocenters. The van der Waals surface area contributed by atoms with Crippen molar-refractivity contribution in [3.8, 4) is 0 Å². The maximum Gasteiger partial charge on any atom is 0.317 e. The summed E-state index contributed by atoms with van der Waals surface area (Å²) in [6.45, 7) is 7.19. The number of nitrogens with zero attached hydrogens (tertiary/aromatic N) is 2. The molecule has 0 radical (unpaired) electrons. The van der Waals surface area contributed by atoms with Gasteiger partial charge in [-0.2, -0.15) is 0 Å². The number of urea groups is 1. The van der Waals surface area contributed by atoms with Crippen LogP contribution in [0, 0.1) is 5.41 Å². The summed E-state index contributed by atoms with van der Waals surface area (Å²) >= 11 is 0. The molecule has 1 aromatic carbocycles. The molecular formula is C19H27N3O3. The second-order valence-electron chi connectivity index (χ2n) is 7.36. The molecule has 3 fully saturated rings. The van der Waals surface area contributed by atoms with Crippen LogP contribution in [0.25, 0.3) is 0 Å². The first kappa shape index (κ1) is 16.7. The largest absolute Gasteiger partial charge is 0.381 e. The SMILES string of the molecule is O=C(NCc1ccccc1N1CCOCC1)N1CC[C@@]2(CCOC2)C1. The molecule has 4 rings (SSSR count). The average molecular weight is 345 g/mol. The Morgan fingerprint density at radius 2 is 1.92 bits per heavy atom. The van der Waals surface area contributed by atoms with E-state index >= 15 is 0 Å². The summed E-state index contributed by atoms with van der Waals surface area (Å²) in [6.07, 6.45) is 2.14.